The van der Waals surface area contributed by atoms with Crippen LogP contribution in [0.5, 0.6) is 0 Å². The van der Waals surface area contributed by atoms with Crippen molar-refractivity contribution in [3.8, 4) is 0 Å². The molecule has 1 aromatic rings. The topological polar surface area (TPSA) is 76.7 Å². The summed E-state index contributed by atoms with van der Waals surface area (Å²) in [6.07, 6.45) is 2.85. The molecule has 1 aliphatic rings. The van der Waals surface area contributed by atoms with Gasteiger partial charge in [0.2, 0.25) is 5.91 Å². The van der Waals surface area contributed by atoms with Gasteiger partial charge in [-0.15, -0.1) is 0 Å². The average Bonchev–Trinajstić information content (AvgIpc) is 3.04. The first-order valence-corrected chi connectivity index (χ1v) is 7.49. The summed E-state index contributed by atoms with van der Waals surface area (Å²) in [7, 11) is 1.33. The Morgan fingerprint density at radius 1 is 1.41 bits per heavy atom. The average molecular weight is 306 g/mol. The molecule has 0 bridgehead atoms. The predicted molar refractivity (Wildman–Crippen MR) is 82.9 cm³/mol. The van der Waals surface area contributed by atoms with Crippen LogP contribution in [0.25, 0.3) is 0 Å². The molecule has 1 fully saturated rings. The molecule has 6 nitrogen and oxygen atoms in total. The summed E-state index contributed by atoms with van der Waals surface area (Å²) >= 11 is 0. The Morgan fingerprint density at radius 3 is 3.00 bits per heavy atom. The molecule has 0 aromatic heterocycles. The summed E-state index contributed by atoms with van der Waals surface area (Å²) in [5.41, 5.74) is 1.00. The van der Waals surface area contributed by atoms with Crippen molar-refractivity contribution in [2.24, 2.45) is 0 Å². The van der Waals surface area contributed by atoms with Crippen molar-refractivity contribution < 1.29 is 19.1 Å². The summed E-state index contributed by atoms with van der Waals surface area (Å²) in [4.78, 5) is 23.3. The Balaban J connectivity index is 1.71. The number of carbonyl (C=O) groups excluding carboxylic acids is 2. The number of anilines is 1. The SMILES string of the molecule is COC(=O)c1cccc(NC(=O)CCNCC2CCCO2)c1. The van der Waals surface area contributed by atoms with E-state index in [1.807, 2.05) is 0 Å². The molecule has 0 saturated carbocycles. The third kappa shape index (κ3) is 5.13. The van der Waals surface area contributed by atoms with Gasteiger partial charge in [0.15, 0.2) is 0 Å². The third-order valence-corrected chi connectivity index (χ3v) is 3.49. The summed E-state index contributed by atoms with van der Waals surface area (Å²) in [5, 5.41) is 5.99. The first-order chi connectivity index (χ1) is 10.7. The minimum atomic E-state index is -0.422. The smallest absolute Gasteiger partial charge is 0.337 e. The molecule has 0 radical (unpaired) electrons. The van der Waals surface area contributed by atoms with E-state index in [-0.39, 0.29) is 12.0 Å². The fraction of sp³-hybridized carbons (Fsp3) is 0.500. The van der Waals surface area contributed by atoms with Crippen molar-refractivity contribution in [2.75, 3.05) is 32.1 Å². The number of hydrogen-bond acceptors (Lipinski definition) is 5. The molecule has 1 heterocycles. The summed E-state index contributed by atoms with van der Waals surface area (Å²) in [6, 6.07) is 6.69. The number of hydrogen-bond donors (Lipinski definition) is 2. The van der Waals surface area contributed by atoms with Gasteiger partial charge < -0.3 is 20.1 Å². The van der Waals surface area contributed by atoms with Crippen LogP contribution in [0.1, 0.15) is 29.6 Å². The molecule has 1 amide bonds. The van der Waals surface area contributed by atoms with Gasteiger partial charge in [-0.05, 0) is 31.0 Å². The van der Waals surface area contributed by atoms with Gasteiger partial charge in [-0.25, -0.2) is 4.79 Å². The normalized spacial score (nSPS) is 17.2. The first kappa shape index (κ1) is 16.5. The van der Waals surface area contributed by atoms with Gasteiger partial charge in [0.25, 0.3) is 0 Å². The molecule has 1 aliphatic heterocycles. The lowest BCUT2D eigenvalue weighted by atomic mass is 10.2. The minimum absolute atomic E-state index is 0.0955. The van der Waals surface area contributed by atoms with Crippen molar-refractivity contribution in [1.82, 2.24) is 5.32 Å². The van der Waals surface area contributed by atoms with E-state index in [0.29, 0.717) is 24.2 Å². The molecule has 0 spiro atoms. The number of rotatable bonds is 7. The lowest BCUT2D eigenvalue weighted by molar-refractivity contribution is -0.116. The van der Waals surface area contributed by atoms with Crippen molar-refractivity contribution in [1.29, 1.82) is 0 Å². The van der Waals surface area contributed by atoms with Crippen molar-refractivity contribution in [3.63, 3.8) is 0 Å². The van der Waals surface area contributed by atoms with Crippen LogP contribution in [0.15, 0.2) is 24.3 Å². The van der Waals surface area contributed by atoms with Gasteiger partial charge in [-0.1, -0.05) is 6.07 Å². The molecular weight excluding hydrogens is 284 g/mol. The second-order valence-electron chi connectivity index (χ2n) is 5.21. The van der Waals surface area contributed by atoms with E-state index < -0.39 is 5.97 Å². The van der Waals surface area contributed by atoms with Gasteiger partial charge in [0.05, 0.1) is 18.8 Å². The van der Waals surface area contributed by atoms with Crippen LogP contribution >= 0.6 is 0 Å². The second kappa shape index (κ2) is 8.51. The molecule has 1 unspecified atom stereocenters. The highest BCUT2D eigenvalue weighted by Gasteiger charge is 2.14. The molecule has 2 rings (SSSR count). The Bertz CT molecular complexity index is 513. The maximum atomic E-state index is 11.9. The largest absolute Gasteiger partial charge is 0.465 e. The van der Waals surface area contributed by atoms with E-state index in [1.54, 1.807) is 24.3 Å². The maximum absolute atomic E-state index is 11.9. The van der Waals surface area contributed by atoms with E-state index in [9.17, 15) is 9.59 Å². The summed E-state index contributed by atoms with van der Waals surface area (Å²) in [6.45, 7) is 2.22. The Kier molecular flexibility index (Phi) is 6.36. The van der Waals surface area contributed by atoms with Gasteiger partial charge in [0, 0.05) is 31.8 Å². The van der Waals surface area contributed by atoms with Gasteiger partial charge in [0.1, 0.15) is 0 Å². The second-order valence-corrected chi connectivity index (χ2v) is 5.21. The number of benzene rings is 1. The van der Waals surface area contributed by atoms with Crippen molar-refractivity contribution >= 4 is 17.6 Å². The van der Waals surface area contributed by atoms with Crippen LogP contribution in [-0.2, 0) is 14.3 Å². The molecule has 22 heavy (non-hydrogen) atoms. The van der Waals surface area contributed by atoms with Crippen LogP contribution in [0.4, 0.5) is 5.69 Å². The highest BCUT2D eigenvalue weighted by Crippen LogP contribution is 2.12. The zero-order chi connectivity index (χ0) is 15.8. The van der Waals surface area contributed by atoms with Crippen molar-refractivity contribution in [3.05, 3.63) is 29.8 Å². The standard InChI is InChI=1S/C16H22N2O4/c1-21-16(20)12-4-2-5-13(10-12)18-15(19)7-8-17-11-14-6-3-9-22-14/h2,4-5,10,14,17H,3,6-9,11H2,1H3,(H,18,19). The zero-order valence-electron chi connectivity index (χ0n) is 12.8. The molecule has 1 saturated heterocycles. The Labute approximate surface area is 130 Å². The fourth-order valence-electron chi connectivity index (χ4n) is 2.34. The Morgan fingerprint density at radius 2 is 2.27 bits per heavy atom. The number of methoxy groups -OCH3 is 1. The molecule has 1 aromatic carbocycles. The highest BCUT2D eigenvalue weighted by atomic mass is 16.5. The number of esters is 1. The monoisotopic (exact) mass is 306 g/mol. The van der Waals surface area contributed by atoms with Gasteiger partial charge in [-0.2, -0.15) is 0 Å². The third-order valence-electron chi connectivity index (χ3n) is 3.49. The van der Waals surface area contributed by atoms with Crippen LogP contribution < -0.4 is 10.6 Å². The lowest BCUT2D eigenvalue weighted by Gasteiger charge is -2.11. The molecular formula is C16H22N2O4. The van der Waals surface area contributed by atoms with Gasteiger partial charge in [-0.3, -0.25) is 4.79 Å². The van der Waals surface area contributed by atoms with E-state index in [1.165, 1.54) is 7.11 Å². The quantitative estimate of drug-likeness (QED) is 0.591. The lowest BCUT2D eigenvalue weighted by Crippen LogP contribution is -2.29. The summed E-state index contributed by atoms with van der Waals surface area (Å²) in [5.74, 6) is -0.517. The fourth-order valence-corrected chi connectivity index (χ4v) is 2.34. The molecule has 6 heteroatoms. The number of nitrogens with one attached hydrogen (secondary N) is 2. The number of carbonyl (C=O) groups is 2. The minimum Gasteiger partial charge on any atom is -0.465 e. The molecule has 1 atom stereocenters. The Hall–Kier alpha value is -1.92. The molecule has 2 N–H and O–H groups in total. The van der Waals surface area contributed by atoms with E-state index in [4.69, 9.17) is 4.74 Å². The summed E-state index contributed by atoms with van der Waals surface area (Å²) < 4.78 is 10.1. The molecule has 120 valence electrons. The van der Waals surface area contributed by atoms with E-state index >= 15 is 0 Å². The predicted octanol–water partition coefficient (Wildman–Crippen LogP) is 1.57. The first-order valence-electron chi connectivity index (χ1n) is 7.49. The highest BCUT2D eigenvalue weighted by molar-refractivity contribution is 5.94. The van der Waals surface area contributed by atoms with Gasteiger partial charge >= 0.3 is 5.97 Å². The zero-order valence-corrected chi connectivity index (χ0v) is 12.8. The molecule has 0 aliphatic carbocycles. The van der Waals surface area contributed by atoms with E-state index in [2.05, 4.69) is 15.4 Å². The number of amides is 1. The van der Waals surface area contributed by atoms with Crippen LogP contribution in [0.2, 0.25) is 0 Å². The van der Waals surface area contributed by atoms with Crippen LogP contribution in [0.3, 0.4) is 0 Å². The maximum Gasteiger partial charge on any atom is 0.337 e. The number of ether oxygens (including phenoxy) is 2. The van der Waals surface area contributed by atoms with Crippen LogP contribution in [-0.4, -0.2) is 44.8 Å². The van der Waals surface area contributed by atoms with E-state index in [0.717, 1.165) is 26.0 Å². The van der Waals surface area contributed by atoms with Crippen LogP contribution in [0, 0.1) is 0 Å². The van der Waals surface area contributed by atoms with Crippen molar-refractivity contribution in [2.45, 2.75) is 25.4 Å².